The Morgan fingerprint density at radius 3 is 1.96 bits per heavy atom. The maximum atomic E-state index is 14.9. The second-order valence-corrected chi connectivity index (χ2v) is 35.0. The molecule has 6 atom stereocenters. The predicted molar refractivity (Wildman–Crippen MR) is 210 cm³/mol. The zero-order valence-corrected chi connectivity index (χ0v) is 37.6. The molecule has 12 heteroatoms. The van der Waals surface area contributed by atoms with Crippen molar-refractivity contribution in [3.63, 3.8) is 0 Å². The Bertz CT molecular complexity index is 1360. The molecule has 0 N–H and O–H groups in total. The van der Waals surface area contributed by atoms with E-state index in [-0.39, 0.29) is 44.7 Å². The van der Waals surface area contributed by atoms with E-state index in [2.05, 4.69) is 96.2 Å². The van der Waals surface area contributed by atoms with Crippen LogP contribution in [0.25, 0.3) is 0 Å². The van der Waals surface area contributed by atoms with Gasteiger partial charge in [-0.05, 0) is 61.2 Å². The van der Waals surface area contributed by atoms with Crippen LogP contribution in [0.5, 0.6) is 0 Å². The van der Waals surface area contributed by atoms with Crippen molar-refractivity contribution in [1.82, 2.24) is 0 Å². The van der Waals surface area contributed by atoms with Crippen molar-refractivity contribution < 1.29 is 35.6 Å². The van der Waals surface area contributed by atoms with E-state index >= 15 is 0 Å². The van der Waals surface area contributed by atoms with Gasteiger partial charge >= 0.3 is 8.56 Å². The van der Waals surface area contributed by atoms with Crippen LogP contribution < -0.4 is 0 Å². The van der Waals surface area contributed by atoms with E-state index in [0.29, 0.717) is 19.6 Å². The summed E-state index contributed by atoms with van der Waals surface area (Å²) in [4.78, 5) is -1.22. The zero-order chi connectivity index (χ0) is 37.6. The summed E-state index contributed by atoms with van der Waals surface area (Å²) in [6, 6.07) is 11.7. The predicted octanol–water partition coefficient (Wildman–Crippen LogP) is 9.75. The molecule has 4 rings (SSSR count). The van der Waals surface area contributed by atoms with Crippen LogP contribution in [0.3, 0.4) is 0 Å². The van der Waals surface area contributed by atoms with Crippen LogP contribution in [0.15, 0.2) is 35.2 Å². The lowest BCUT2D eigenvalue weighted by atomic mass is 9.98. The third kappa shape index (κ3) is 8.15. The lowest BCUT2D eigenvalue weighted by Gasteiger charge is -2.55. The van der Waals surface area contributed by atoms with Crippen LogP contribution in [0.2, 0.25) is 46.3 Å². The molecule has 0 saturated carbocycles. The molecule has 0 spiro atoms. The first-order valence-electron chi connectivity index (χ1n) is 19.2. The van der Waals surface area contributed by atoms with Crippen molar-refractivity contribution in [3.05, 3.63) is 30.3 Å². The lowest BCUT2D eigenvalue weighted by Crippen LogP contribution is -2.66. The summed E-state index contributed by atoms with van der Waals surface area (Å²) in [5, 5.41) is -0.503. The summed E-state index contributed by atoms with van der Waals surface area (Å²) in [6.45, 7) is 32.1. The third-order valence-corrected chi connectivity index (χ3v) is 29.0. The number of hydrogen-bond donors (Lipinski definition) is 0. The fourth-order valence-corrected chi connectivity index (χ4v) is 19.3. The first-order chi connectivity index (χ1) is 22.9. The fraction of sp³-hybridized carbons (Fsp3) is 0.842. The van der Waals surface area contributed by atoms with Gasteiger partial charge in [0.25, 0.3) is 0 Å². The van der Waals surface area contributed by atoms with Gasteiger partial charge in [0.2, 0.25) is 14.8 Å². The van der Waals surface area contributed by atoms with Crippen molar-refractivity contribution in [3.8, 4) is 0 Å². The first kappa shape index (κ1) is 42.3. The van der Waals surface area contributed by atoms with Crippen LogP contribution >= 0.6 is 0 Å². The molecule has 1 aromatic rings. The van der Waals surface area contributed by atoms with Crippen molar-refractivity contribution in [1.29, 1.82) is 0 Å². The molecule has 3 aliphatic heterocycles. The summed E-state index contributed by atoms with van der Waals surface area (Å²) < 4.78 is 71.3. The minimum atomic E-state index is -3.95. The van der Waals surface area contributed by atoms with Gasteiger partial charge in [-0.3, -0.25) is 0 Å². The normalized spacial score (nSPS) is 29.9. The summed E-state index contributed by atoms with van der Waals surface area (Å²) in [5.41, 5.74) is 0. The average Bonchev–Trinajstić information content (AvgIpc) is 3.73. The fourth-order valence-electron chi connectivity index (χ4n) is 8.12. The van der Waals surface area contributed by atoms with Gasteiger partial charge in [-0.15, -0.1) is 0 Å². The molecule has 0 aromatic heterocycles. The van der Waals surface area contributed by atoms with Crippen LogP contribution in [-0.2, 0) is 37.0 Å². The lowest BCUT2D eigenvalue weighted by molar-refractivity contribution is -0.0751. The third-order valence-electron chi connectivity index (χ3n) is 12.3. The zero-order valence-electron chi connectivity index (χ0n) is 33.8. The van der Waals surface area contributed by atoms with E-state index in [9.17, 15) is 8.42 Å². The molecule has 50 heavy (non-hydrogen) atoms. The van der Waals surface area contributed by atoms with E-state index in [1.807, 2.05) is 6.07 Å². The minimum Gasteiger partial charge on any atom is -0.411 e. The number of ether oxygens (including phenoxy) is 2. The number of hydrogen-bond acceptors (Lipinski definition) is 8. The van der Waals surface area contributed by atoms with Gasteiger partial charge in [-0.2, -0.15) is 0 Å². The van der Waals surface area contributed by atoms with E-state index in [0.717, 1.165) is 31.0 Å². The van der Waals surface area contributed by atoms with Gasteiger partial charge in [0.15, 0.2) is 16.6 Å². The van der Waals surface area contributed by atoms with Crippen molar-refractivity contribution in [2.45, 2.75) is 195 Å². The molecule has 0 unspecified atom stereocenters. The molecule has 3 fully saturated rings. The van der Waals surface area contributed by atoms with Gasteiger partial charge in [0, 0.05) is 29.5 Å². The monoisotopic (exact) mass is 770 g/mol. The molecule has 0 aliphatic carbocycles. The Morgan fingerprint density at radius 1 is 0.860 bits per heavy atom. The highest BCUT2D eigenvalue weighted by atomic mass is 32.2. The first-order valence-corrected chi connectivity index (χ1v) is 27.9. The standard InChI is InChI=1S/C38H70O8SSi3/c1-15-49(16-2,17-3)45-33-28-42-50(36(7,8)9,37(10,11)12)46-32(33)27-38(47(39,40)29-22-19-18-20-23-29)34(43-38)26-31-30(24-21-25-41-31)44-48(13,14)35(4,5)6/h18-20,22-23,30-34H,15-17,21,24-28H2,1-14H3/t30-,31+,32-,33+,34+,38+/m0/s1. The Kier molecular flexibility index (Phi) is 12.7. The molecule has 3 aliphatic rings. The maximum absolute atomic E-state index is 14.9. The van der Waals surface area contributed by atoms with E-state index in [1.54, 1.807) is 24.3 Å². The van der Waals surface area contributed by atoms with Crippen molar-refractivity contribution in [2.75, 3.05) is 13.2 Å². The van der Waals surface area contributed by atoms with E-state index in [4.69, 9.17) is 27.2 Å². The summed E-state index contributed by atoms with van der Waals surface area (Å²) in [5.74, 6) is 0. The molecule has 0 amide bonds. The number of rotatable bonds is 13. The molecule has 1 aromatic carbocycles. The average molecular weight is 771 g/mol. The molecule has 288 valence electrons. The summed E-state index contributed by atoms with van der Waals surface area (Å²) in [6.07, 6.45) is 0.605. The smallest absolute Gasteiger partial charge is 0.349 e. The van der Waals surface area contributed by atoms with Gasteiger partial charge < -0.3 is 27.2 Å². The van der Waals surface area contributed by atoms with Crippen molar-refractivity contribution >= 4 is 35.0 Å². The van der Waals surface area contributed by atoms with Gasteiger partial charge in [-0.1, -0.05) is 101 Å². The van der Waals surface area contributed by atoms with Gasteiger partial charge in [0.05, 0.1) is 35.9 Å². The van der Waals surface area contributed by atoms with Crippen LogP contribution in [0.1, 0.15) is 109 Å². The molecule has 8 nitrogen and oxygen atoms in total. The Labute approximate surface area is 308 Å². The van der Waals surface area contributed by atoms with Gasteiger partial charge in [0.1, 0.15) is 6.10 Å². The SMILES string of the molecule is CC[Si](CC)(CC)O[C@@H]1CO[Si](C(C)(C)C)(C(C)(C)C)O[C@H]1C[C@]1(S(=O)(=O)c2ccccc2)O[C@@H]1C[C@H]1OCCC[C@@H]1O[Si](C)(C)C(C)(C)C. The second kappa shape index (κ2) is 15.0. The highest BCUT2D eigenvalue weighted by Gasteiger charge is 2.70. The Hall–Kier alpha value is -0.419. The number of sulfone groups is 1. The summed E-state index contributed by atoms with van der Waals surface area (Å²) in [7, 11) is -11.2. The van der Waals surface area contributed by atoms with E-state index in [1.165, 1.54) is 0 Å². The largest absolute Gasteiger partial charge is 0.411 e. The summed E-state index contributed by atoms with van der Waals surface area (Å²) >= 11 is 0. The van der Waals surface area contributed by atoms with Crippen LogP contribution in [-0.4, -0.2) is 82.3 Å². The molecular weight excluding hydrogens is 701 g/mol. The Balaban J connectivity index is 1.77. The molecule has 3 heterocycles. The minimum absolute atomic E-state index is 0.0470. The highest BCUT2D eigenvalue weighted by Crippen LogP contribution is 2.58. The molecule has 3 saturated heterocycles. The number of epoxide rings is 1. The van der Waals surface area contributed by atoms with Crippen molar-refractivity contribution in [2.24, 2.45) is 0 Å². The molecule has 0 radical (unpaired) electrons. The Morgan fingerprint density at radius 2 is 1.44 bits per heavy atom. The maximum Gasteiger partial charge on any atom is 0.349 e. The highest BCUT2D eigenvalue weighted by molar-refractivity contribution is 7.93. The molecular formula is C38H70O8SSi3. The van der Waals surface area contributed by atoms with Crippen LogP contribution in [0.4, 0.5) is 0 Å². The quantitative estimate of drug-likeness (QED) is 0.145. The number of benzene rings is 1. The topological polar surface area (TPSA) is 92.8 Å². The van der Waals surface area contributed by atoms with Gasteiger partial charge in [-0.25, -0.2) is 8.42 Å². The van der Waals surface area contributed by atoms with E-state index < -0.39 is 52.2 Å². The molecule has 0 bridgehead atoms. The van der Waals surface area contributed by atoms with Crippen LogP contribution in [0, 0.1) is 0 Å². The second-order valence-electron chi connectivity index (χ2n) is 18.6.